The molecule has 1 aliphatic heterocycles. The lowest BCUT2D eigenvalue weighted by Gasteiger charge is -2.30. The van der Waals surface area contributed by atoms with Crippen LogP contribution in [0.1, 0.15) is 29.8 Å². The van der Waals surface area contributed by atoms with Gasteiger partial charge in [-0.05, 0) is 45.4 Å². The van der Waals surface area contributed by atoms with Gasteiger partial charge in [-0.15, -0.1) is 12.4 Å². The van der Waals surface area contributed by atoms with E-state index in [0.717, 1.165) is 37.6 Å². The van der Waals surface area contributed by atoms with Gasteiger partial charge in [-0.3, -0.25) is 4.90 Å². The van der Waals surface area contributed by atoms with E-state index in [-0.39, 0.29) is 12.4 Å². The Kier molecular flexibility index (Phi) is 5.56. The van der Waals surface area contributed by atoms with Crippen LogP contribution in [0, 0.1) is 13.8 Å². The van der Waals surface area contributed by atoms with Crippen LogP contribution in [0.25, 0.3) is 5.82 Å². The zero-order valence-corrected chi connectivity index (χ0v) is 14.0. The van der Waals surface area contributed by atoms with Crippen LogP contribution in [0.15, 0.2) is 24.4 Å². The molecule has 22 heavy (non-hydrogen) atoms. The van der Waals surface area contributed by atoms with Gasteiger partial charge in [-0.25, -0.2) is 9.67 Å². The maximum Gasteiger partial charge on any atom is 0.153 e. The first-order valence-electron chi connectivity index (χ1n) is 7.59. The van der Waals surface area contributed by atoms with Crippen LogP contribution in [-0.4, -0.2) is 38.8 Å². The van der Waals surface area contributed by atoms with Crippen molar-refractivity contribution in [1.29, 1.82) is 0 Å². The Balaban J connectivity index is 0.00000176. The number of hydrogen-bond donors (Lipinski definition) is 1. The minimum absolute atomic E-state index is 0. The fourth-order valence-electron chi connectivity index (χ4n) is 3.06. The van der Waals surface area contributed by atoms with Crippen molar-refractivity contribution in [1.82, 2.24) is 19.7 Å². The molecular formula is C16H24ClN5. The molecular weight excluding hydrogens is 298 g/mol. The molecule has 0 saturated carbocycles. The number of likely N-dealkylation sites (tertiary alicyclic amines) is 1. The summed E-state index contributed by atoms with van der Waals surface area (Å²) in [5.41, 5.74) is 9.63. The lowest BCUT2D eigenvalue weighted by molar-refractivity contribution is 0.201. The number of piperidine rings is 1. The van der Waals surface area contributed by atoms with Gasteiger partial charge in [0.2, 0.25) is 0 Å². The SMILES string of the molecule is Cc1nn(-c2ccccn2)c(C)c1CN1CCCC(N)C1.Cl. The van der Waals surface area contributed by atoms with Gasteiger partial charge in [0, 0.05) is 36.6 Å². The molecule has 1 unspecified atom stereocenters. The number of halogens is 1. The summed E-state index contributed by atoms with van der Waals surface area (Å²) in [4.78, 5) is 6.83. The van der Waals surface area contributed by atoms with Gasteiger partial charge in [0.05, 0.1) is 5.69 Å². The highest BCUT2D eigenvalue weighted by atomic mass is 35.5. The Morgan fingerprint density at radius 2 is 2.14 bits per heavy atom. The van der Waals surface area contributed by atoms with Crippen molar-refractivity contribution in [3.05, 3.63) is 41.3 Å². The topological polar surface area (TPSA) is 60.0 Å². The molecule has 5 nitrogen and oxygen atoms in total. The van der Waals surface area contributed by atoms with Gasteiger partial charge in [-0.1, -0.05) is 6.07 Å². The standard InChI is InChI=1S/C16H23N5.ClH/c1-12-15(11-20-9-5-6-14(17)10-20)13(2)21(19-12)16-7-3-4-8-18-16;/h3-4,7-8,14H,5-6,9-11,17H2,1-2H3;1H. The molecule has 2 N–H and O–H groups in total. The molecule has 2 aromatic heterocycles. The van der Waals surface area contributed by atoms with Gasteiger partial charge < -0.3 is 5.73 Å². The van der Waals surface area contributed by atoms with E-state index in [0.29, 0.717) is 6.04 Å². The molecule has 0 bridgehead atoms. The largest absolute Gasteiger partial charge is 0.327 e. The lowest BCUT2D eigenvalue weighted by Crippen LogP contribution is -2.42. The quantitative estimate of drug-likeness (QED) is 0.941. The van der Waals surface area contributed by atoms with E-state index in [9.17, 15) is 0 Å². The molecule has 3 heterocycles. The summed E-state index contributed by atoms with van der Waals surface area (Å²) in [5, 5.41) is 4.66. The highest BCUT2D eigenvalue weighted by Gasteiger charge is 2.20. The first kappa shape index (κ1) is 16.9. The number of nitrogens with two attached hydrogens (primary N) is 1. The Labute approximate surface area is 137 Å². The molecule has 2 aromatic rings. The van der Waals surface area contributed by atoms with E-state index in [1.165, 1.54) is 17.7 Å². The number of hydrogen-bond acceptors (Lipinski definition) is 4. The second kappa shape index (κ2) is 7.22. The lowest BCUT2D eigenvalue weighted by atomic mass is 10.1. The molecule has 0 aliphatic carbocycles. The number of aryl methyl sites for hydroxylation is 1. The monoisotopic (exact) mass is 321 g/mol. The van der Waals surface area contributed by atoms with Crippen molar-refractivity contribution in [2.45, 2.75) is 39.3 Å². The minimum atomic E-state index is 0. The predicted molar refractivity (Wildman–Crippen MR) is 90.6 cm³/mol. The highest BCUT2D eigenvalue weighted by Crippen LogP contribution is 2.20. The first-order chi connectivity index (χ1) is 10.1. The number of pyridine rings is 1. The minimum Gasteiger partial charge on any atom is -0.327 e. The summed E-state index contributed by atoms with van der Waals surface area (Å²) in [7, 11) is 0. The van der Waals surface area contributed by atoms with Gasteiger partial charge >= 0.3 is 0 Å². The van der Waals surface area contributed by atoms with E-state index < -0.39 is 0 Å². The Morgan fingerprint density at radius 3 is 2.82 bits per heavy atom. The van der Waals surface area contributed by atoms with Crippen molar-refractivity contribution in [3.8, 4) is 5.82 Å². The highest BCUT2D eigenvalue weighted by molar-refractivity contribution is 5.85. The molecule has 1 fully saturated rings. The van der Waals surface area contributed by atoms with E-state index in [1.807, 2.05) is 22.9 Å². The number of rotatable bonds is 3. The van der Waals surface area contributed by atoms with Crippen molar-refractivity contribution in [2.24, 2.45) is 5.73 Å². The summed E-state index contributed by atoms with van der Waals surface area (Å²) in [6, 6.07) is 6.21. The average molecular weight is 322 g/mol. The molecule has 6 heteroatoms. The fraction of sp³-hybridized carbons (Fsp3) is 0.500. The predicted octanol–water partition coefficient (Wildman–Crippen LogP) is 2.23. The molecule has 1 aliphatic rings. The molecule has 0 amide bonds. The van der Waals surface area contributed by atoms with Crippen molar-refractivity contribution >= 4 is 12.4 Å². The summed E-state index contributed by atoms with van der Waals surface area (Å²) >= 11 is 0. The van der Waals surface area contributed by atoms with E-state index >= 15 is 0 Å². The van der Waals surface area contributed by atoms with Crippen LogP contribution in [-0.2, 0) is 6.54 Å². The summed E-state index contributed by atoms with van der Waals surface area (Å²) in [6.07, 6.45) is 4.13. The van der Waals surface area contributed by atoms with Crippen molar-refractivity contribution in [2.75, 3.05) is 13.1 Å². The molecule has 0 spiro atoms. The van der Waals surface area contributed by atoms with Crippen LogP contribution in [0.5, 0.6) is 0 Å². The van der Waals surface area contributed by atoms with Gasteiger partial charge in [-0.2, -0.15) is 5.10 Å². The molecule has 1 saturated heterocycles. The average Bonchev–Trinajstić information content (AvgIpc) is 2.76. The van der Waals surface area contributed by atoms with Crippen LogP contribution in [0.2, 0.25) is 0 Å². The van der Waals surface area contributed by atoms with Gasteiger partial charge in [0.1, 0.15) is 0 Å². The summed E-state index contributed by atoms with van der Waals surface area (Å²) in [6.45, 7) is 7.23. The molecule has 0 aromatic carbocycles. The van der Waals surface area contributed by atoms with Crippen molar-refractivity contribution < 1.29 is 0 Å². The number of aromatic nitrogens is 3. The van der Waals surface area contributed by atoms with Crippen molar-refractivity contribution in [3.63, 3.8) is 0 Å². The molecule has 0 radical (unpaired) electrons. The first-order valence-corrected chi connectivity index (χ1v) is 7.59. The van der Waals surface area contributed by atoms with E-state index in [4.69, 9.17) is 5.73 Å². The van der Waals surface area contributed by atoms with Crippen LogP contribution in [0.4, 0.5) is 0 Å². The summed E-state index contributed by atoms with van der Waals surface area (Å²) < 4.78 is 1.94. The van der Waals surface area contributed by atoms with Crippen LogP contribution < -0.4 is 5.73 Å². The maximum atomic E-state index is 6.08. The smallest absolute Gasteiger partial charge is 0.153 e. The third kappa shape index (κ3) is 3.48. The van der Waals surface area contributed by atoms with E-state index in [2.05, 4.69) is 28.8 Å². The third-order valence-corrected chi connectivity index (χ3v) is 4.23. The molecule has 120 valence electrons. The Hall–Kier alpha value is -1.43. The normalized spacial score (nSPS) is 19.0. The van der Waals surface area contributed by atoms with Gasteiger partial charge in [0.25, 0.3) is 0 Å². The molecule has 3 rings (SSSR count). The number of nitrogens with zero attached hydrogens (tertiary/aromatic N) is 4. The second-order valence-electron chi connectivity index (χ2n) is 5.89. The Bertz CT molecular complexity index is 610. The van der Waals surface area contributed by atoms with Crippen LogP contribution >= 0.6 is 12.4 Å². The molecule has 1 atom stereocenters. The zero-order chi connectivity index (χ0) is 14.8. The maximum absolute atomic E-state index is 6.08. The van der Waals surface area contributed by atoms with Crippen LogP contribution in [0.3, 0.4) is 0 Å². The third-order valence-electron chi connectivity index (χ3n) is 4.23. The fourth-order valence-corrected chi connectivity index (χ4v) is 3.06. The second-order valence-corrected chi connectivity index (χ2v) is 5.89. The van der Waals surface area contributed by atoms with Gasteiger partial charge in [0.15, 0.2) is 5.82 Å². The Morgan fingerprint density at radius 1 is 1.32 bits per heavy atom. The summed E-state index contributed by atoms with van der Waals surface area (Å²) in [5.74, 6) is 0.875. The zero-order valence-electron chi connectivity index (χ0n) is 13.2. The van der Waals surface area contributed by atoms with E-state index in [1.54, 1.807) is 6.20 Å².